The van der Waals surface area contributed by atoms with Crippen LogP contribution < -0.4 is 33.6 Å². The lowest BCUT2D eigenvalue weighted by molar-refractivity contribution is -0.371. The molecule has 7 saturated heterocycles. The molecule has 0 amide bonds. The molecule has 0 aromatic rings. The van der Waals surface area contributed by atoms with Crippen molar-refractivity contribution in [1.82, 2.24) is 10.6 Å². The van der Waals surface area contributed by atoms with Gasteiger partial charge in [-0.3, -0.25) is 0 Å². The predicted octanol–water partition coefficient (Wildman–Crippen LogP) is -15.9. The van der Waals surface area contributed by atoms with Gasteiger partial charge in [0.2, 0.25) is 0 Å². The van der Waals surface area contributed by atoms with Gasteiger partial charge < -0.3 is 155 Å². The second-order valence-electron chi connectivity index (χ2n) is 10.9. The van der Waals surface area contributed by atoms with E-state index in [-0.39, 0.29) is 0 Å². The Balaban J connectivity index is 0.000000342. The maximum absolute atomic E-state index is 10.2. The van der Waals surface area contributed by atoms with Gasteiger partial charge in [-0.15, -0.1) is 0 Å². The van der Waals surface area contributed by atoms with E-state index in [0.29, 0.717) is 0 Å². The third-order valence-corrected chi connectivity index (χ3v) is 6.81. The van der Waals surface area contributed by atoms with Gasteiger partial charge in [0.1, 0.15) is 0 Å². The van der Waals surface area contributed by atoms with Crippen LogP contribution >= 0.6 is 0 Å². The molecule has 296 valence electrons. The Morgan fingerprint density at radius 1 is 0.333 bits per heavy atom. The number of rotatable bonds is 8. The molecular weight excluding hydrogens is 747 g/mol. The highest BCUT2D eigenvalue weighted by molar-refractivity contribution is 6.91. The highest BCUT2D eigenvalue weighted by Gasteiger charge is 2.63. The van der Waals surface area contributed by atoms with Crippen LogP contribution in [0.5, 0.6) is 0 Å². The Kier molecular flexibility index (Phi) is 16.6. The summed E-state index contributed by atoms with van der Waals surface area (Å²) in [7, 11) is -22.8. The average Bonchev–Trinajstić information content (AvgIpc) is 3.02. The van der Waals surface area contributed by atoms with E-state index in [1.54, 1.807) is 0 Å². The SMILES string of the molecule is OB1OB2OB3OB(O)O[B@-]4(OB(O)O[B@@-]5(OB(O)OB(OB6OB(O)O[B@@-]7(OB(O)O[B@@-](O1)(O2)O7)O6)O5)O4)O3.[NH3+]CCNCC[NH3+].[NH3+]CCNCC[NH3+]. The number of hydrogen-bond donors (Lipinski definition) is 12. The summed E-state index contributed by atoms with van der Waals surface area (Å²) in [5, 5.41) is 67.0. The van der Waals surface area contributed by atoms with E-state index < -0.39 is 101 Å². The van der Waals surface area contributed by atoms with Crippen LogP contribution in [0.15, 0.2) is 0 Å². The van der Waals surface area contributed by atoms with E-state index in [0.717, 1.165) is 52.4 Å². The van der Waals surface area contributed by atoms with Gasteiger partial charge in [-0.05, 0) is 0 Å². The molecule has 0 aromatic carbocycles. The first-order chi connectivity index (χ1) is 25.7. The first kappa shape index (κ1) is 44.7. The average molecular weight is 784 g/mol. The van der Waals surface area contributed by atoms with Crippen molar-refractivity contribution in [2.45, 2.75) is 0 Å². The van der Waals surface area contributed by atoms with Crippen LogP contribution in [0.4, 0.5) is 0 Å². The highest BCUT2D eigenvalue weighted by atomic mass is 17.1. The molecule has 32 nitrogen and oxygen atoms in total. The van der Waals surface area contributed by atoms with Crippen LogP contribution in [0.3, 0.4) is 0 Å². The van der Waals surface area contributed by atoms with Gasteiger partial charge >= 0.3 is 101 Å². The number of hydrogen-bond acceptors (Lipinski definition) is 28. The maximum Gasteiger partial charge on any atom is 0.582 e. The van der Waals surface area contributed by atoms with E-state index in [9.17, 15) is 30.1 Å². The van der Waals surface area contributed by atoms with Crippen LogP contribution in [-0.4, -0.2) is 184 Å². The van der Waals surface area contributed by atoms with Gasteiger partial charge in [-0.1, -0.05) is 0 Å². The summed E-state index contributed by atoms with van der Waals surface area (Å²) in [5.74, 6) is 0. The van der Waals surface area contributed by atoms with Crippen molar-refractivity contribution in [2.75, 3.05) is 52.4 Å². The maximum atomic E-state index is 10.2. The van der Waals surface area contributed by atoms with Crippen molar-refractivity contribution in [3.63, 3.8) is 0 Å². The van der Waals surface area contributed by atoms with E-state index >= 15 is 0 Å². The Morgan fingerprint density at radius 2 is 0.556 bits per heavy atom. The molecule has 7 aliphatic heterocycles. The Hall–Kier alpha value is -0.371. The van der Waals surface area contributed by atoms with Crippen LogP contribution in [-0.2, 0) is 91.4 Å². The fourth-order valence-corrected chi connectivity index (χ4v) is 4.75. The summed E-state index contributed by atoms with van der Waals surface area (Å²) in [6.07, 6.45) is 0. The molecule has 20 N–H and O–H groups in total. The third kappa shape index (κ3) is 12.3. The first-order valence-corrected chi connectivity index (χ1v) is 16.4. The summed E-state index contributed by atoms with van der Waals surface area (Å²) in [6.45, 7) is -7.69. The lowest BCUT2D eigenvalue weighted by Gasteiger charge is -2.64. The van der Waals surface area contributed by atoms with Crippen molar-refractivity contribution >= 4 is 101 Å². The zero-order valence-corrected chi connectivity index (χ0v) is 28.4. The Morgan fingerprint density at radius 3 is 0.778 bits per heavy atom. The number of fused-ring (bicyclic) bond motifs is 4. The summed E-state index contributed by atoms with van der Waals surface area (Å²) in [4.78, 5) is 0. The minimum atomic E-state index is -3.92. The van der Waals surface area contributed by atoms with Crippen LogP contribution in [0.1, 0.15) is 0 Å². The standard InChI is InChI=1S/2C4H13N3.B14H6O26/c2*5-1-3-7-4-2-6;15-1-21-7-25-8-22-2(16)29-13(36-8)33-6(20)34-14(40-13)30-4(18)24-10(38-14)26-9-23-3(17)28-12(37-9)32-5(19)31-11(27-1,35-7)39-12/h2*7H,1-6H2;15-20H/q;;-4/p+4/t;;11-,12+,13-,14+. The Bertz CT molecular complexity index is 994. The van der Waals surface area contributed by atoms with Crippen LogP contribution in [0, 0.1) is 0 Å². The normalized spacial score (nSPS) is 32.6. The van der Waals surface area contributed by atoms with Crippen molar-refractivity contribution in [1.29, 1.82) is 0 Å². The van der Waals surface area contributed by atoms with E-state index in [4.69, 9.17) is 91.4 Å². The molecule has 7 fully saturated rings. The molecule has 0 aromatic heterocycles. The molecular formula is C8H36B14N6O26. The van der Waals surface area contributed by atoms with Crippen molar-refractivity contribution in [3.05, 3.63) is 0 Å². The predicted molar refractivity (Wildman–Crippen MR) is 172 cm³/mol. The molecule has 4 atom stereocenters. The van der Waals surface area contributed by atoms with E-state index in [1.165, 1.54) is 0 Å². The summed E-state index contributed by atoms with van der Waals surface area (Å²) in [6, 6.07) is 0. The molecule has 4 spiro atoms. The van der Waals surface area contributed by atoms with E-state index in [1.807, 2.05) is 0 Å². The largest absolute Gasteiger partial charge is 0.680 e. The van der Waals surface area contributed by atoms with E-state index in [2.05, 4.69) is 33.6 Å². The monoisotopic (exact) mass is 786 g/mol. The van der Waals surface area contributed by atoms with Crippen LogP contribution in [0.25, 0.3) is 0 Å². The third-order valence-electron chi connectivity index (χ3n) is 6.81. The van der Waals surface area contributed by atoms with Crippen molar-refractivity contribution < 1.29 is 145 Å². The van der Waals surface area contributed by atoms with Gasteiger partial charge in [0, 0.05) is 26.2 Å². The summed E-state index contributed by atoms with van der Waals surface area (Å²) in [5.41, 5.74) is 14.7. The molecule has 46 heteroatoms. The number of quaternary nitrogens is 4. The molecule has 0 radical (unpaired) electrons. The van der Waals surface area contributed by atoms with Gasteiger partial charge in [0.25, 0.3) is 0 Å². The molecule has 0 saturated carbocycles. The zero-order chi connectivity index (χ0) is 39.0. The zero-order valence-electron chi connectivity index (χ0n) is 28.4. The second kappa shape index (κ2) is 20.1. The number of nitrogens with one attached hydrogen (secondary N) is 2. The van der Waals surface area contributed by atoms with Crippen molar-refractivity contribution in [3.8, 4) is 0 Å². The quantitative estimate of drug-likeness (QED) is 0.0803. The molecule has 0 unspecified atom stereocenters. The molecule has 7 aliphatic rings. The highest BCUT2D eigenvalue weighted by Crippen LogP contribution is 2.37. The fraction of sp³-hybridized carbons (Fsp3) is 1.00. The van der Waals surface area contributed by atoms with Gasteiger partial charge in [-0.2, -0.15) is 0 Å². The Labute approximate surface area is 308 Å². The summed E-state index contributed by atoms with van der Waals surface area (Å²) >= 11 is 0. The second-order valence-corrected chi connectivity index (χ2v) is 10.9. The fourth-order valence-electron chi connectivity index (χ4n) is 4.75. The molecule has 8 bridgehead atoms. The van der Waals surface area contributed by atoms with Crippen molar-refractivity contribution in [2.24, 2.45) is 0 Å². The minimum Gasteiger partial charge on any atom is -0.680 e. The van der Waals surface area contributed by atoms with Crippen LogP contribution in [0.2, 0.25) is 0 Å². The molecule has 0 aliphatic carbocycles. The van der Waals surface area contributed by atoms with Gasteiger partial charge in [0.05, 0.1) is 26.2 Å². The van der Waals surface area contributed by atoms with Gasteiger partial charge in [0.15, 0.2) is 0 Å². The first-order valence-electron chi connectivity index (χ1n) is 16.4. The summed E-state index contributed by atoms with van der Waals surface area (Å²) < 4.78 is 101. The molecule has 7 heterocycles. The molecule has 7 rings (SSSR count). The van der Waals surface area contributed by atoms with Gasteiger partial charge in [-0.25, -0.2) is 0 Å². The molecule has 54 heavy (non-hydrogen) atoms. The lowest BCUT2D eigenvalue weighted by Crippen LogP contribution is -2.79. The lowest BCUT2D eigenvalue weighted by atomic mass is 9.76. The minimum absolute atomic E-state index is 0.972. The smallest absolute Gasteiger partial charge is 0.582 e. The topological polar surface area (TPSA) is 441 Å².